The fourth-order valence-corrected chi connectivity index (χ4v) is 2.77. The highest BCUT2D eigenvalue weighted by atomic mass is 19.1. The predicted octanol–water partition coefficient (Wildman–Crippen LogP) is 4.14. The first kappa shape index (κ1) is 17.8. The lowest BCUT2D eigenvalue weighted by Gasteiger charge is -2.26. The van der Waals surface area contributed by atoms with Gasteiger partial charge in [-0.25, -0.2) is 8.78 Å². The molecule has 0 saturated carbocycles. The minimum Gasteiger partial charge on any atom is -0.474 e. The Morgan fingerprint density at radius 3 is 2.23 bits per heavy atom. The molecule has 0 aliphatic heterocycles. The molecular formula is C19H20F2N4O. The number of nitrogens with two attached hydrogens (primary N) is 1. The Morgan fingerprint density at radius 1 is 1.04 bits per heavy atom. The largest absolute Gasteiger partial charge is 0.474 e. The van der Waals surface area contributed by atoms with E-state index in [-0.39, 0.29) is 0 Å². The van der Waals surface area contributed by atoms with E-state index >= 15 is 0 Å². The highest BCUT2D eigenvalue weighted by Crippen LogP contribution is 2.32. The number of nitrogens with zero attached hydrogens (tertiary/aromatic N) is 3. The average molecular weight is 358 g/mol. The fraction of sp³-hybridized carbons (Fsp3) is 0.263. The molecule has 0 radical (unpaired) electrons. The summed E-state index contributed by atoms with van der Waals surface area (Å²) >= 11 is 0. The number of aromatic nitrogens is 3. The number of hydrogen-bond acceptors (Lipinski definition) is 4. The zero-order chi connectivity index (χ0) is 18.9. The first-order valence-electron chi connectivity index (χ1n) is 8.26. The number of anilines is 1. The van der Waals surface area contributed by atoms with E-state index in [1.165, 1.54) is 6.07 Å². The lowest BCUT2D eigenvalue weighted by molar-refractivity contribution is 0.0827. The molecule has 0 saturated heterocycles. The van der Waals surface area contributed by atoms with E-state index < -0.39 is 23.0 Å². The van der Waals surface area contributed by atoms with Crippen molar-refractivity contribution in [2.45, 2.75) is 32.9 Å². The van der Waals surface area contributed by atoms with Gasteiger partial charge in [0.1, 0.15) is 0 Å². The van der Waals surface area contributed by atoms with Gasteiger partial charge in [0.25, 0.3) is 0 Å². The Kier molecular flexibility index (Phi) is 4.63. The molecule has 5 nitrogen and oxygen atoms in total. The minimum atomic E-state index is -1.10. The van der Waals surface area contributed by atoms with Crippen molar-refractivity contribution in [2.75, 3.05) is 5.73 Å². The molecule has 0 atom stereocenters. The average Bonchev–Trinajstić information content (AvgIpc) is 3.04. The van der Waals surface area contributed by atoms with E-state index in [2.05, 4.69) is 10.2 Å². The number of hydrogen-bond donors (Lipinski definition) is 1. The molecule has 0 spiro atoms. The van der Waals surface area contributed by atoms with Crippen LogP contribution in [0.2, 0.25) is 0 Å². The molecule has 0 aliphatic carbocycles. The van der Waals surface area contributed by atoms with E-state index in [0.717, 1.165) is 17.7 Å². The number of rotatable bonds is 5. The van der Waals surface area contributed by atoms with Crippen LogP contribution in [0.5, 0.6) is 5.75 Å². The third kappa shape index (κ3) is 3.24. The van der Waals surface area contributed by atoms with Gasteiger partial charge in [0.2, 0.25) is 0 Å². The summed E-state index contributed by atoms with van der Waals surface area (Å²) in [6, 6.07) is 10.8. The van der Waals surface area contributed by atoms with Gasteiger partial charge in [-0.15, -0.1) is 10.2 Å². The van der Waals surface area contributed by atoms with Gasteiger partial charge >= 0.3 is 0 Å². The summed E-state index contributed by atoms with van der Waals surface area (Å²) < 4.78 is 35.5. The Bertz CT molecular complexity index is 900. The molecule has 2 aromatic carbocycles. The SMILES string of the molecule is CCn1c(-c2ccc(N)cc2)nnc1C(C)(C)Oc1c(F)cccc1F. The van der Waals surface area contributed by atoms with E-state index in [4.69, 9.17) is 10.5 Å². The number of benzene rings is 2. The van der Waals surface area contributed by atoms with E-state index in [9.17, 15) is 8.78 Å². The third-order valence-electron chi connectivity index (χ3n) is 4.05. The number of nitrogen functional groups attached to an aromatic ring is 1. The second-order valence-corrected chi connectivity index (χ2v) is 6.38. The van der Waals surface area contributed by atoms with Crippen LogP contribution in [0, 0.1) is 11.6 Å². The molecule has 0 unspecified atom stereocenters. The standard InChI is InChI=1S/C19H20F2N4O/c1-4-25-17(12-8-10-13(22)11-9-12)23-24-18(25)19(2,3)26-16-14(20)6-5-7-15(16)21/h5-11H,4,22H2,1-3H3. The van der Waals surface area contributed by atoms with Crippen LogP contribution in [0.1, 0.15) is 26.6 Å². The van der Waals surface area contributed by atoms with Crippen molar-refractivity contribution in [3.05, 3.63) is 59.9 Å². The van der Waals surface area contributed by atoms with Crippen LogP contribution in [0.4, 0.5) is 14.5 Å². The van der Waals surface area contributed by atoms with Crippen LogP contribution in [0.15, 0.2) is 42.5 Å². The summed E-state index contributed by atoms with van der Waals surface area (Å²) in [7, 11) is 0. The van der Waals surface area contributed by atoms with Gasteiger partial charge in [0.15, 0.2) is 34.6 Å². The van der Waals surface area contributed by atoms with Crippen LogP contribution in [0.3, 0.4) is 0 Å². The van der Waals surface area contributed by atoms with Crippen molar-refractivity contribution in [3.63, 3.8) is 0 Å². The summed E-state index contributed by atoms with van der Waals surface area (Å²) in [5.41, 5.74) is 6.12. The van der Waals surface area contributed by atoms with Crippen molar-refractivity contribution >= 4 is 5.69 Å². The Balaban J connectivity index is 2.01. The molecule has 0 fully saturated rings. The lowest BCUT2D eigenvalue weighted by atomic mass is 10.1. The van der Waals surface area contributed by atoms with Gasteiger partial charge in [-0.05, 0) is 57.2 Å². The molecule has 2 N–H and O–H groups in total. The van der Waals surface area contributed by atoms with E-state index in [1.54, 1.807) is 26.0 Å². The summed E-state index contributed by atoms with van der Waals surface area (Å²) in [6.45, 7) is 5.89. The van der Waals surface area contributed by atoms with Gasteiger partial charge in [0.05, 0.1) is 0 Å². The van der Waals surface area contributed by atoms with Crippen molar-refractivity contribution in [3.8, 4) is 17.1 Å². The number of halogens is 2. The van der Waals surface area contributed by atoms with Crippen molar-refractivity contribution in [2.24, 2.45) is 0 Å². The zero-order valence-corrected chi connectivity index (χ0v) is 14.8. The highest BCUT2D eigenvalue weighted by molar-refractivity contribution is 5.59. The predicted molar refractivity (Wildman–Crippen MR) is 95.6 cm³/mol. The Hall–Kier alpha value is -2.96. The molecule has 26 heavy (non-hydrogen) atoms. The van der Waals surface area contributed by atoms with Gasteiger partial charge in [-0.1, -0.05) is 6.07 Å². The quantitative estimate of drug-likeness (QED) is 0.696. The van der Waals surface area contributed by atoms with Gasteiger partial charge in [-0.2, -0.15) is 0 Å². The van der Waals surface area contributed by atoms with Gasteiger partial charge in [-0.3, -0.25) is 0 Å². The summed E-state index contributed by atoms with van der Waals surface area (Å²) in [6.07, 6.45) is 0. The normalized spacial score (nSPS) is 11.6. The van der Waals surface area contributed by atoms with E-state index in [1.807, 2.05) is 23.6 Å². The molecule has 0 amide bonds. The molecule has 1 heterocycles. The van der Waals surface area contributed by atoms with Crippen LogP contribution in [0.25, 0.3) is 11.4 Å². The topological polar surface area (TPSA) is 66.0 Å². The molecular weight excluding hydrogens is 338 g/mol. The molecule has 0 bridgehead atoms. The van der Waals surface area contributed by atoms with Crippen molar-refractivity contribution in [1.82, 2.24) is 14.8 Å². The van der Waals surface area contributed by atoms with Crippen LogP contribution >= 0.6 is 0 Å². The van der Waals surface area contributed by atoms with E-state index in [0.29, 0.717) is 23.9 Å². The third-order valence-corrected chi connectivity index (χ3v) is 4.05. The minimum absolute atomic E-state index is 0.433. The Morgan fingerprint density at radius 2 is 1.65 bits per heavy atom. The molecule has 3 aromatic rings. The zero-order valence-electron chi connectivity index (χ0n) is 14.8. The lowest BCUT2D eigenvalue weighted by Crippen LogP contribution is -2.30. The second-order valence-electron chi connectivity index (χ2n) is 6.38. The van der Waals surface area contributed by atoms with Gasteiger partial charge < -0.3 is 15.0 Å². The highest BCUT2D eigenvalue weighted by Gasteiger charge is 2.32. The number of ether oxygens (including phenoxy) is 1. The van der Waals surface area contributed by atoms with Crippen LogP contribution < -0.4 is 10.5 Å². The van der Waals surface area contributed by atoms with Crippen molar-refractivity contribution in [1.29, 1.82) is 0 Å². The Labute approximate surface area is 150 Å². The molecule has 136 valence electrons. The van der Waals surface area contributed by atoms with Crippen LogP contribution in [-0.2, 0) is 12.1 Å². The maximum atomic E-state index is 14.0. The smallest absolute Gasteiger partial charge is 0.192 e. The number of para-hydroxylation sites is 1. The maximum Gasteiger partial charge on any atom is 0.192 e. The van der Waals surface area contributed by atoms with Gasteiger partial charge in [0, 0.05) is 17.8 Å². The summed E-state index contributed by atoms with van der Waals surface area (Å²) in [4.78, 5) is 0. The summed E-state index contributed by atoms with van der Waals surface area (Å²) in [5, 5.41) is 8.47. The fourth-order valence-electron chi connectivity index (χ4n) is 2.77. The molecule has 1 aromatic heterocycles. The van der Waals surface area contributed by atoms with Crippen LogP contribution in [-0.4, -0.2) is 14.8 Å². The second kappa shape index (κ2) is 6.74. The molecule has 3 rings (SSSR count). The first-order chi connectivity index (χ1) is 12.3. The van der Waals surface area contributed by atoms with Crippen molar-refractivity contribution < 1.29 is 13.5 Å². The summed E-state index contributed by atoms with van der Waals surface area (Å²) in [5.74, 6) is -0.862. The molecule has 0 aliphatic rings. The molecule has 7 heteroatoms. The first-order valence-corrected chi connectivity index (χ1v) is 8.26. The monoisotopic (exact) mass is 358 g/mol. The maximum absolute atomic E-state index is 14.0.